The molecule has 0 aliphatic carbocycles. The van der Waals surface area contributed by atoms with Gasteiger partial charge in [0, 0.05) is 22.2 Å². The number of carbonyl (C=O) groups excluding carboxylic acids is 2. The molecule has 0 saturated heterocycles. The van der Waals surface area contributed by atoms with E-state index >= 15 is 0 Å². The topological polar surface area (TPSA) is 73.2 Å². The van der Waals surface area contributed by atoms with E-state index in [9.17, 15) is 9.59 Å². The average molecular weight is 370 g/mol. The molecule has 0 aliphatic heterocycles. The van der Waals surface area contributed by atoms with Gasteiger partial charge in [0.1, 0.15) is 5.82 Å². The van der Waals surface area contributed by atoms with Crippen molar-refractivity contribution in [3.05, 3.63) is 46.1 Å². The normalized spacial score (nSPS) is 12.1. The van der Waals surface area contributed by atoms with Gasteiger partial charge in [0.2, 0.25) is 0 Å². The van der Waals surface area contributed by atoms with E-state index in [1.165, 1.54) is 25.1 Å². The highest BCUT2D eigenvalue weighted by molar-refractivity contribution is 6.35. The number of esters is 1. The highest BCUT2D eigenvalue weighted by atomic mass is 35.5. The zero-order valence-corrected chi connectivity index (χ0v) is 14.9. The molecule has 0 radical (unpaired) electrons. The number of nitrogens with one attached hydrogen (secondary N) is 1. The molecule has 6 nitrogen and oxygen atoms in total. The van der Waals surface area contributed by atoms with Gasteiger partial charge in [-0.1, -0.05) is 23.2 Å². The number of benzene rings is 1. The number of hydrogen-bond donors (Lipinski definition) is 1. The maximum absolute atomic E-state index is 12.2. The van der Waals surface area contributed by atoms with Crippen LogP contribution in [-0.2, 0) is 9.53 Å². The predicted octanol–water partition coefficient (Wildman–Crippen LogP) is 3.95. The number of halogens is 2. The maximum Gasteiger partial charge on any atom is 0.339 e. The van der Waals surface area contributed by atoms with E-state index in [0.717, 1.165) is 0 Å². The molecule has 0 unspecified atom stereocenters. The Kier molecular flexibility index (Phi) is 5.85. The van der Waals surface area contributed by atoms with Crippen LogP contribution in [0.4, 0.5) is 5.82 Å². The molecule has 0 aliphatic rings. The minimum Gasteiger partial charge on any atom is -0.449 e. The van der Waals surface area contributed by atoms with Crippen LogP contribution >= 0.6 is 23.2 Å². The molecular formula is C16H17Cl2N3O3. The van der Waals surface area contributed by atoms with Gasteiger partial charge in [-0.2, -0.15) is 5.10 Å². The lowest BCUT2D eigenvalue weighted by Crippen LogP contribution is -2.31. The van der Waals surface area contributed by atoms with Crippen LogP contribution in [0.15, 0.2) is 30.5 Å². The molecule has 1 N–H and O–H groups in total. The Morgan fingerprint density at radius 3 is 2.38 bits per heavy atom. The van der Waals surface area contributed by atoms with E-state index in [1.807, 2.05) is 13.8 Å². The molecule has 1 aromatic carbocycles. The molecule has 8 heteroatoms. The smallest absolute Gasteiger partial charge is 0.339 e. The Morgan fingerprint density at radius 2 is 1.79 bits per heavy atom. The van der Waals surface area contributed by atoms with Crippen molar-refractivity contribution in [1.82, 2.24) is 9.78 Å². The Bertz CT molecular complexity index is 739. The second-order valence-electron chi connectivity index (χ2n) is 5.45. The van der Waals surface area contributed by atoms with Crippen LogP contribution in [0.25, 0.3) is 0 Å². The molecule has 1 amide bonds. The van der Waals surface area contributed by atoms with Gasteiger partial charge < -0.3 is 10.1 Å². The van der Waals surface area contributed by atoms with Crippen molar-refractivity contribution < 1.29 is 14.3 Å². The van der Waals surface area contributed by atoms with Crippen molar-refractivity contribution in [2.45, 2.75) is 32.9 Å². The lowest BCUT2D eigenvalue weighted by molar-refractivity contribution is -0.123. The van der Waals surface area contributed by atoms with Crippen molar-refractivity contribution in [3.8, 4) is 0 Å². The van der Waals surface area contributed by atoms with Gasteiger partial charge in [-0.3, -0.25) is 4.79 Å². The van der Waals surface area contributed by atoms with Gasteiger partial charge in [-0.05, 0) is 39.0 Å². The number of ether oxygens (including phenoxy) is 1. The monoisotopic (exact) mass is 369 g/mol. The largest absolute Gasteiger partial charge is 0.449 e. The first-order valence-corrected chi connectivity index (χ1v) is 8.05. The summed E-state index contributed by atoms with van der Waals surface area (Å²) in [5.74, 6) is -0.609. The quantitative estimate of drug-likeness (QED) is 0.809. The summed E-state index contributed by atoms with van der Waals surface area (Å²) in [6, 6.07) is 6.11. The summed E-state index contributed by atoms with van der Waals surface area (Å²) in [5, 5.41) is 7.43. The lowest BCUT2D eigenvalue weighted by Gasteiger charge is -2.16. The molecule has 1 aromatic heterocycles. The van der Waals surface area contributed by atoms with E-state index in [-0.39, 0.29) is 11.6 Å². The third-order valence-electron chi connectivity index (χ3n) is 3.16. The number of hydrogen-bond acceptors (Lipinski definition) is 4. The molecule has 128 valence electrons. The summed E-state index contributed by atoms with van der Waals surface area (Å²) in [4.78, 5) is 24.3. The van der Waals surface area contributed by atoms with E-state index in [1.54, 1.807) is 16.9 Å². The van der Waals surface area contributed by atoms with Crippen LogP contribution in [0.2, 0.25) is 10.0 Å². The summed E-state index contributed by atoms with van der Waals surface area (Å²) < 4.78 is 6.82. The van der Waals surface area contributed by atoms with Crippen LogP contribution < -0.4 is 5.32 Å². The van der Waals surface area contributed by atoms with Crippen molar-refractivity contribution >= 4 is 40.9 Å². The SMILES string of the molecule is CC(C)n1nccc1NC(=O)[C@H](C)OC(=O)c1cc(Cl)cc(Cl)c1. The second kappa shape index (κ2) is 7.68. The number of amides is 1. The highest BCUT2D eigenvalue weighted by Gasteiger charge is 2.21. The molecule has 2 rings (SSSR count). The number of rotatable bonds is 5. The van der Waals surface area contributed by atoms with E-state index in [4.69, 9.17) is 27.9 Å². The van der Waals surface area contributed by atoms with Gasteiger partial charge in [-0.25, -0.2) is 9.48 Å². The van der Waals surface area contributed by atoms with Gasteiger partial charge >= 0.3 is 5.97 Å². The Morgan fingerprint density at radius 1 is 1.17 bits per heavy atom. The summed E-state index contributed by atoms with van der Waals surface area (Å²) in [7, 11) is 0. The van der Waals surface area contributed by atoms with E-state index < -0.39 is 18.0 Å². The Hall–Kier alpha value is -2.05. The first-order valence-electron chi connectivity index (χ1n) is 7.29. The minimum atomic E-state index is -0.995. The molecular weight excluding hydrogens is 353 g/mol. The fourth-order valence-corrected chi connectivity index (χ4v) is 2.53. The van der Waals surface area contributed by atoms with Crippen LogP contribution in [0.1, 0.15) is 37.2 Å². The molecule has 1 atom stereocenters. The Labute approximate surface area is 149 Å². The molecule has 2 aromatic rings. The van der Waals surface area contributed by atoms with Crippen LogP contribution in [0.3, 0.4) is 0 Å². The van der Waals surface area contributed by atoms with Gasteiger partial charge in [0.25, 0.3) is 5.91 Å². The summed E-state index contributed by atoms with van der Waals surface area (Å²) >= 11 is 11.7. The fraction of sp³-hybridized carbons (Fsp3) is 0.312. The number of anilines is 1. The molecule has 0 bridgehead atoms. The van der Waals surface area contributed by atoms with Crippen molar-refractivity contribution in [2.24, 2.45) is 0 Å². The van der Waals surface area contributed by atoms with Gasteiger partial charge in [0.15, 0.2) is 6.10 Å². The standard InChI is InChI=1S/C16H17Cl2N3O3/c1-9(2)21-14(4-5-19-21)20-15(22)10(3)24-16(23)11-6-12(17)8-13(18)7-11/h4-10H,1-3H3,(H,20,22)/t10-/m0/s1. The Balaban J connectivity index is 2.03. The summed E-state index contributed by atoms with van der Waals surface area (Å²) in [6.07, 6.45) is 0.589. The fourth-order valence-electron chi connectivity index (χ4n) is 2.01. The highest BCUT2D eigenvalue weighted by Crippen LogP contribution is 2.20. The third kappa shape index (κ3) is 4.49. The molecule has 0 spiro atoms. The summed E-state index contributed by atoms with van der Waals surface area (Å²) in [5.41, 5.74) is 0.180. The number of aromatic nitrogens is 2. The first-order chi connectivity index (χ1) is 11.3. The second-order valence-corrected chi connectivity index (χ2v) is 6.32. The van der Waals surface area contributed by atoms with Crippen molar-refractivity contribution in [3.63, 3.8) is 0 Å². The first kappa shape index (κ1) is 18.3. The predicted molar refractivity (Wildman–Crippen MR) is 92.6 cm³/mol. The minimum absolute atomic E-state index is 0.0850. The number of carbonyl (C=O) groups is 2. The number of nitrogens with zero attached hydrogens (tertiary/aromatic N) is 2. The van der Waals surface area contributed by atoms with Gasteiger partial charge in [-0.15, -0.1) is 0 Å². The van der Waals surface area contributed by atoms with Crippen molar-refractivity contribution in [1.29, 1.82) is 0 Å². The van der Waals surface area contributed by atoms with Crippen LogP contribution in [0.5, 0.6) is 0 Å². The molecule has 24 heavy (non-hydrogen) atoms. The van der Waals surface area contributed by atoms with Crippen LogP contribution in [0, 0.1) is 0 Å². The van der Waals surface area contributed by atoms with Crippen LogP contribution in [-0.4, -0.2) is 27.8 Å². The average Bonchev–Trinajstić information content (AvgIpc) is 2.94. The van der Waals surface area contributed by atoms with Crippen molar-refractivity contribution in [2.75, 3.05) is 5.32 Å². The van der Waals surface area contributed by atoms with E-state index in [0.29, 0.717) is 15.9 Å². The third-order valence-corrected chi connectivity index (χ3v) is 3.60. The van der Waals surface area contributed by atoms with Gasteiger partial charge in [0.05, 0.1) is 11.8 Å². The zero-order valence-electron chi connectivity index (χ0n) is 13.4. The maximum atomic E-state index is 12.2. The zero-order chi connectivity index (χ0) is 17.9. The molecule has 0 fully saturated rings. The molecule has 1 heterocycles. The van der Waals surface area contributed by atoms with E-state index in [2.05, 4.69) is 10.4 Å². The summed E-state index contributed by atoms with van der Waals surface area (Å²) in [6.45, 7) is 5.36. The molecule has 0 saturated carbocycles. The lowest BCUT2D eigenvalue weighted by atomic mass is 10.2.